The second-order valence-electron chi connectivity index (χ2n) is 11.2. The summed E-state index contributed by atoms with van der Waals surface area (Å²) in [4.78, 5) is 9.39. The van der Waals surface area contributed by atoms with Gasteiger partial charge in [-0.2, -0.15) is 0 Å². The number of benzene rings is 1. The van der Waals surface area contributed by atoms with Crippen molar-refractivity contribution in [2.45, 2.75) is 38.5 Å². The third-order valence-corrected chi connectivity index (χ3v) is 12.3. The average molecular weight is 678 g/mol. The fourth-order valence-electron chi connectivity index (χ4n) is 5.98. The summed E-state index contributed by atoms with van der Waals surface area (Å²) in [6, 6.07) is 9.64. The number of pyridine rings is 1. The molecule has 2 aliphatic rings. The Morgan fingerprint density at radius 2 is 1.88 bits per heavy atom. The zero-order valence-corrected chi connectivity index (χ0v) is 25.5. The van der Waals surface area contributed by atoms with Gasteiger partial charge in [-0.15, -0.1) is 0 Å². The molecule has 1 aliphatic carbocycles. The van der Waals surface area contributed by atoms with Gasteiger partial charge in [0, 0.05) is 0 Å². The van der Waals surface area contributed by atoms with Crippen molar-refractivity contribution in [3.63, 3.8) is 0 Å². The SMILES string of the molecule is Cc1cc(-n2cnc(CCS(C)(=O)=O)n2)nc([C@@]23C[I-]C[C@@H](c4cc(-c5c(F)cccc5F)nnc42)C3(C)C)c1. The Morgan fingerprint density at radius 1 is 1.12 bits per heavy atom. The molecule has 0 saturated carbocycles. The van der Waals surface area contributed by atoms with Crippen molar-refractivity contribution >= 4 is 9.84 Å². The van der Waals surface area contributed by atoms with Crippen molar-refractivity contribution in [3.05, 3.63) is 82.7 Å². The van der Waals surface area contributed by atoms with E-state index in [0.29, 0.717) is 11.6 Å². The molecule has 0 unspecified atom stereocenters. The second-order valence-corrected chi connectivity index (χ2v) is 16.1. The molecular formula is C28H28F2IN6O2S-. The molecular weight excluding hydrogens is 649 g/mol. The summed E-state index contributed by atoms with van der Waals surface area (Å²) in [6.45, 7) is 6.46. The molecule has 4 heterocycles. The fraction of sp³-hybridized carbons (Fsp3) is 0.393. The first-order valence-electron chi connectivity index (χ1n) is 12.8. The summed E-state index contributed by atoms with van der Waals surface area (Å²) >= 11 is -0.199. The summed E-state index contributed by atoms with van der Waals surface area (Å²) in [7, 11) is -3.14. The molecule has 40 heavy (non-hydrogen) atoms. The molecule has 1 aliphatic heterocycles. The molecule has 1 fully saturated rings. The van der Waals surface area contributed by atoms with Crippen LogP contribution in [0.5, 0.6) is 0 Å². The molecule has 2 atom stereocenters. The third kappa shape index (κ3) is 4.34. The maximum absolute atomic E-state index is 14.7. The molecule has 2 bridgehead atoms. The van der Waals surface area contributed by atoms with Crippen LogP contribution in [0.2, 0.25) is 0 Å². The van der Waals surface area contributed by atoms with E-state index in [1.54, 1.807) is 11.0 Å². The van der Waals surface area contributed by atoms with E-state index in [2.05, 4.69) is 35.1 Å². The van der Waals surface area contributed by atoms with E-state index < -0.39 is 26.9 Å². The molecule has 0 amide bonds. The Kier molecular flexibility index (Phi) is 6.56. The van der Waals surface area contributed by atoms with Gasteiger partial charge in [0.15, 0.2) is 0 Å². The van der Waals surface area contributed by atoms with Gasteiger partial charge in [-0.25, -0.2) is 0 Å². The molecule has 6 rings (SSSR count). The monoisotopic (exact) mass is 677 g/mol. The molecule has 3 aromatic heterocycles. The number of hydrogen-bond donors (Lipinski definition) is 0. The van der Waals surface area contributed by atoms with Crippen LogP contribution in [-0.2, 0) is 21.7 Å². The van der Waals surface area contributed by atoms with Crippen LogP contribution in [0.1, 0.15) is 48.1 Å². The standard InChI is InChI=1S/C28H28F2IN6O2S/c1-16-10-22(33-24(11-16)37-15-32-23(36-37)8-9-40(4,38)39)28-14-31-13-18(27(28,2)3)17-12-21(34-35-26(17)28)25-19(29)6-5-7-20(25)30/h5-7,10-12,15,18H,8-9,13-14H2,1-4H3/q-1/t18-,28-/m0/s1. The number of aryl methyl sites for hydroxylation is 2. The van der Waals surface area contributed by atoms with Crippen molar-refractivity contribution in [2.24, 2.45) is 5.41 Å². The van der Waals surface area contributed by atoms with Gasteiger partial charge in [-0.05, 0) is 0 Å². The van der Waals surface area contributed by atoms with Crippen molar-refractivity contribution in [1.29, 1.82) is 0 Å². The first kappa shape index (κ1) is 27.3. The summed E-state index contributed by atoms with van der Waals surface area (Å²) < 4.78 is 56.0. The molecule has 4 aromatic rings. The summed E-state index contributed by atoms with van der Waals surface area (Å²) in [5.41, 5.74) is 2.93. The molecule has 0 radical (unpaired) electrons. The van der Waals surface area contributed by atoms with Gasteiger partial charge in [0.05, 0.1) is 0 Å². The number of nitrogens with zero attached hydrogens (tertiary/aromatic N) is 6. The predicted molar refractivity (Wildman–Crippen MR) is 142 cm³/mol. The minimum atomic E-state index is -3.14. The quantitative estimate of drug-likeness (QED) is 0.220. The Hall–Kier alpha value is -2.87. The Balaban J connectivity index is 1.47. The van der Waals surface area contributed by atoms with Crippen LogP contribution in [-0.4, -0.2) is 59.2 Å². The van der Waals surface area contributed by atoms with Crippen LogP contribution < -0.4 is 21.2 Å². The first-order chi connectivity index (χ1) is 18.9. The molecule has 210 valence electrons. The number of halogens is 3. The van der Waals surface area contributed by atoms with E-state index in [1.165, 1.54) is 24.5 Å². The Morgan fingerprint density at radius 3 is 2.60 bits per heavy atom. The topological polar surface area (TPSA) is 104 Å². The van der Waals surface area contributed by atoms with Crippen molar-refractivity contribution in [1.82, 2.24) is 29.9 Å². The molecule has 12 heteroatoms. The van der Waals surface area contributed by atoms with E-state index in [4.69, 9.17) is 10.1 Å². The van der Waals surface area contributed by atoms with Crippen molar-refractivity contribution < 1.29 is 38.4 Å². The zero-order valence-electron chi connectivity index (χ0n) is 22.5. The molecule has 0 spiro atoms. The van der Waals surface area contributed by atoms with E-state index >= 15 is 0 Å². The van der Waals surface area contributed by atoms with E-state index in [1.807, 2.05) is 19.1 Å². The predicted octanol–water partition coefficient (Wildman–Crippen LogP) is 0.805. The van der Waals surface area contributed by atoms with Gasteiger partial charge in [0.2, 0.25) is 0 Å². The van der Waals surface area contributed by atoms with Gasteiger partial charge in [-0.1, -0.05) is 0 Å². The minimum absolute atomic E-state index is 0.0277. The van der Waals surface area contributed by atoms with Crippen LogP contribution in [0, 0.1) is 24.0 Å². The van der Waals surface area contributed by atoms with Crippen LogP contribution in [0.4, 0.5) is 8.78 Å². The average Bonchev–Trinajstić information content (AvgIpc) is 3.36. The van der Waals surface area contributed by atoms with Crippen molar-refractivity contribution in [2.75, 3.05) is 20.9 Å². The van der Waals surface area contributed by atoms with Gasteiger partial charge >= 0.3 is 243 Å². The molecule has 0 N–H and O–H groups in total. The normalized spacial score (nSPS) is 21.6. The van der Waals surface area contributed by atoms with Crippen LogP contribution in [0.15, 0.2) is 42.7 Å². The van der Waals surface area contributed by atoms with E-state index in [0.717, 1.165) is 31.4 Å². The van der Waals surface area contributed by atoms with Crippen LogP contribution >= 0.6 is 0 Å². The second kappa shape index (κ2) is 9.61. The summed E-state index contributed by atoms with van der Waals surface area (Å²) in [5.74, 6) is -0.170. The third-order valence-electron chi connectivity index (χ3n) is 8.22. The van der Waals surface area contributed by atoms with Gasteiger partial charge in [0.25, 0.3) is 0 Å². The van der Waals surface area contributed by atoms with Crippen LogP contribution in [0.25, 0.3) is 17.1 Å². The summed E-state index contributed by atoms with van der Waals surface area (Å²) in [5, 5.41) is 13.6. The maximum atomic E-state index is 14.7. The number of sulfone groups is 1. The van der Waals surface area contributed by atoms with Gasteiger partial charge in [-0.3, -0.25) is 0 Å². The van der Waals surface area contributed by atoms with Crippen LogP contribution in [0.3, 0.4) is 0 Å². The van der Waals surface area contributed by atoms with E-state index in [-0.39, 0.29) is 56.0 Å². The number of fused-ring (bicyclic) bond motifs is 5. The molecule has 8 nitrogen and oxygen atoms in total. The number of alkyl halides is 2. The van der Waals surface area contributed by atoms with Crippen molar-refractivity contribution in [3.8, 4) is 17.1 Å². The molecule has 1 saturated heterocycles. The van der Waals surface area contributed by atoms with E-state index in [9.17, 15) is 17.2 Å². The first-order valence-corrected chi connectivity index (χ1v) is 18.0. The Bertz CT molecular complexity index is 1740. The number of aromatic nitrogens is 6. The number of hydrogen-bond acceptors (Lipinski definition) is 7. The summed E-state index contributed by atoms with van der Waals surface area (Å²) in [6.07, 6.45) is 2.97. The fourth-order valence-corrected chi connectivity index (χ4v) is 11.6. The van der Waals surface area contributed by atoms with Gasteiger partial charge < -0.3 is 0 Å². The van der Waals surface area contributed by atoms with Gasteiger partial charge in [0.1, 0.15) is 0 Å². The zero-order chi connectivity index (χ0) is 28.4. The number of rotatable bonds is 6. The molecule has 1 aromatic carbocycles. The Labute approximate surface area is 241 Å².